The van der Waals surface area contributed by atoms with Crippen molar-refractivity contribution in [1.29, 1.82) is 0 Å². The molecule has 1 amide bonds. The summed E-state index contributed by atoms with van der Waals surface area (Å²) in [6.45, 7) is 2.75. The molecule has 0 aliphatic carbocycles. The van der Waals surface area contributed by atoms with Crippen molar-refractivity contribution in [3.05, 3.63) is 28.7 Å². The van der Waals surface area contributed by atoms with Crippen LogP contribution in [0.5, 0.6) is 0 Å². The number of carbonyl (C=O) groups excluding carboxylic acids is 1. The Balaban J connectivity index is 2.40. The number of halogens is 1. The average Bonchev–Trinajstić information content (AvgIpc) is 2.29. The van der Waals surface area contributed by atoms with E-state index < -0.39 is 0 Å². The van der Waals surface area contributed by atoms with Gasteiger partial charge in [-0.3, -0.25) is 9.69 Å². The fraction of sp³-hybridized carbons (Fsp3) is 0.462. The molecule has 0 spiro atoms. The van der Waals surface area contributed by atoms with Gasteiger partial charge in [-0.15, -0.1) is 0 Å². The molecule has 0 bridgehead atoms. The Morgan fingerprint density at radius 2 is 2.17 bits per heavy atom. The van der Waals surface area contributed by atoms with Gasteiger partial charge in [0.15, 0.2) is 0 Å². The lowest BCUT2D eigenvalue weighted by Crippen LogP contribution is -2.32. The molecule has 1 rings (SSSR count). The van der Waals surface area contributed by atoms with E-state index >= 15 is 0 Å². The Morgan fingerprint density at radius 3 is 2.78 bits per heavy atom. The molecule has 0 fully saturated rings. The number of amides is 1. The molecule has 2 N–H and O–H groups in total. The Kier molecular flexibility index (Phi) is 6.32. The molecule has 18 heavy (non-hydrogen) atoms. The summed E-state index contributed by atoms with van der Waals surface area (Å²) >= 11 is 3.38. The van der Waals surface area contributed by atoms with Gasteiger partial charge < -0.3 is 10.4 Å². The second kappa shape index (κ2) is 7.51. The molecule has 1 atom stereocenters. The molecular formula is C13H19BrN2O2. The number of rotatable bonds is 6. The van der Waals surface area contributed by atoms with Crippen LogP contribution in [0.1, 0.15) is 13.3 Å². The van der Waals surface area contributed by atoms with Crippen molar-refractivity contribution in [2.24, 2.45) is 0 Å². The molecule has 4 nitrogen and oxygen atoms in total. The summed E-state index contributed by atoms with van der Waals surface area (Å²) in [5.41, 5.74) is 0.770. The van der Waals surface area contributed by atoms with Crippen LogP contribution in [0, 0.1) is 0 Å². The van der Waals surface area contributed by atoms with Gasteiger partial charge in [-0.1, -0.05) is 12.1 Å². The third kappa shape index (κ3) is 5.62. The number of aliphatic hydroxyl groups excluding tert-OH is 1. The van der Waals surface area contributed by atoms with E-state index in [0.29, 0.717) is 19.5 Å². The normalized spacial score (nSPS) is 12.5. The SMILES string of the molecule is CC(O)CCN(C)CC(=O)Nc1ccccc1Br. The maximum Gasteiger partial charge on any atom is 0.238 e. The molecule has 1 aromatic carbocycles. The zero-order chi connectivity index (χ0) is 13.5. The maximum atomic E-state index is 11.8. The van der Waals surface area contributed by atoms with Crippen molar-refractivity contribution in [3.63, 3.8) is 0 Å². The summed E-state index contributed by atoms with van der Waals surface area (Å²) < 4.78 is 0.866. The number of hydrogen-bond donors (Lipinski definition) is 2. The molecule has 0 saturated heterocycles. The molecule has 0 radical (unpaired) electrons. The minimum Gasteiger partial charge on any atom is -0.393 e. The van der Waals surface area contributed by atoms with Crippen LogP contribution in [-0.4, -0.2) is 42.2 Å². The molecular weight excluding hydrogens is 296 g/mol. The summed E-state index contributed by atoms with van der Waals surface area (Å²) in [6, 6.07) is 7.50. The largest absolute Gasteiger partial charge is 0.393 e. The van der Waals surface area contributed by atoms with Crippen LogP contribution >= 0.6 is 15.9 Å². The highest BCUT2D eigenvalue weighted by Crippen LogP contribution is 2.20. The standard InChI is InChI=1S/C13H19BrN2O2/c1-10(17)7-8-16(2)9-13(18)15-12-6-4-3-5-11(12)14/h3-6,10,17H,7-9H2,1-2H3,(H,15,18). The first-order chi connectivity index (χ1) is 8.49. The Labute approximate surface area is 116 Å². The van der Waals surface area contributed by atoms with E-state index in [2.05, 4.69) is 21.2 Å². The van der Waals surface area contributed by atoms with Gasteiger partial charge in [0, 0.05) is 11.0 Å². The number of aliphatic hydroxyl groups is 1. The number of carbonyl (C=O) groups is 1. The number of hydrogen-bond acceptors (Lipinski definition) is 3. The van der Waals surface area contributed by atoms with Gasteiger partial charge in [-0.2, -0.15) is 0 Å². The third-order valence-corrected chi connectivity index (χ3v) is 3.18. The van der Waals surface area contributed by atoms with Gasteiger partial charge in [0.05, 0.1) is 18.3 Å². The zero-order valence-electron chi connectivity index (χ0n) is 10.7. The van der Waals surface area contributed by atoms with E-state index in [1.807, 2.05) is 36.2 Å². The van der Waals surface area contributed by atoms with Crippen molar-refractivity contribution in [3.8, 4) is 0 Å². The van der Waals surface area contributed by atoms with Crippen LogP contribution in [0.15, 0.2) is 28.7 Å². The van der Waals surface area contributed by atoms with Gasteiger partial charge >= 0.3 is 0 Å². The topological polar surface area (TPSA) is 52.6 Å². The minimum atomic E-state index is -0.334. The first kappa shape index (κ1) is 15.1. The van der Waals surface area contributed by atoms with Crippen LogP contribution < -0.4 is 5.32 Å². The van der Waals surface area contributed by atoms with Crippen LogP contribution in [0.2, 0.25) is 0 Å². The Hall–Kier alpha value is -0.910. The quantitative estimate of drug-likeness (QED) is 0.845. The van der Waals surface area contributed by atoms with Crippen molar-refractivity contribution in [2.45, 2.75) is 19.4 Å². The van der Waals surface area contributed by atoms with E-state index in [9.17, 15) is 9.90 Å². The fourth-order valence-electron chi connectivity index (χ4n) is 1.48. The predicted molar refractivity (Wildman–Crippen MR) is 76.6 cm³/mol. The third-order valence-electron chi connectivity index (χ3n) is 2.49. The highest BCUT2D eigenvalue weighted by molar-refractivity contribution is 9.10. The monoisotopic (exact) mass is 314 g/mol. The van der Waals surface area contributed by atoms with Gasteiger partial charge in [-0.05, 0) is 48.5 Å². The van der Waals surface area contributed by atoms with Gasteiger partial charge in [0.2, 0.25) is 5.91 Å². The lowest BCUT2D eigenvalue weighted by Gasteiger charge is -2.17. The molecule has 100 valence electrons. The fourth-order valence-corrected chi connectivity index (χ4v) is 1.87. The van der Waals surface area contributed by atoms with Crippen LogP contribution in [-0.2, 0) is 4.79 Å². The summed E-state index contributed by atoms with van der Waals surface area (Å²) in [5.74, 6) is -0.0602. The smallest absolute Gasteiger partial charge is 0.238 e. The zero-order valence-corrected chi connectivity index (χ0v) is 12.3. The van der Waals surface area contributed by atoms with Gasteiger partial charge in [0.1, 0.15) is 0 Å². The molecule has 0 aliphatic heterocycles. The molecule has 1 aromatic rings. The molecule has 5 heteroatoms. The van der Waals surface area contributed by atoms with Crippen LogP contribution in [0.3, 0.4) is 0 Å². The summed E-state index contributed by atoms with van der Waals surface area (Å²) in [4.78, 5) is 13.7. The van der Waals surface area contributed by atoms with E-state index in [0.717, 1.165) is 10.2 Å². The molecule has 0 heterocycles. The van der Waals surface area contributed by atoms with Gasteiger partial charge in [-0.25, -0.2) is 0 Å². The van der Waals surface area contributed by atoms with Gasteiger partial charge in [0.25, 0.3) is 0 Å². The number of nitrogens with one attached hydrogen (secondary N) is 1. The van der Waals surface area contributed by atoms with E-state index in [1.54, 1.807) is 6.92 Å². The van der Waals surface area contributed by atoms with E-state index in [-0.39, 0.29) is 12.0 Å². The Morgan fingerprint density at radius 1 is 1.50 bits per heavy atom. The van der Waals surface area contributed by atoms with Crippen molar-refractivity contribution < 1.29 is 9.90 Å². The Bertz CT molecular complexity index is 396. The number of para-hydroxylation sites is 1. The summed E-state index contributed by atoms with van der Waals surface area (Å²) in [7, 11) is 1.86. The van der Waals surface area contributed by atoms with Crippen LogP contribution in [0.4, 0.5) is 5.69 Å². The number of anilines is 1. The number of nitrogens with zero attached hydrogens (tertiary/aromatic N) is 1. The summed E-state index contributed by atoms with van der Waals surface area (Å²) in [6.07, 6.45) is 0.331. The lowest BCUT2D eigenvalue weighted by atomic mass is 10.3. The second-order valence-corrected chi connectivity index (χ2v) is 5.26. The molecule has 0 aromatic heterocycles. The maximum absolute atomic E-state index is 11.8. The first-order valence-corrected chi connectivity index (χ1v) is 6.69. The predicted octanol–water partition coefficient (Wildman–Crippen LogP) is 2.09. The molecule has 1 unspecified atom stereocenters. The van der Waals surface area contributed by atoms with E-state index in [1.165, 1.54) is 0 Å². The van der Waals surface area contributed by atoms with Crippen molar-refractivity contribution in [2.75, 3.05) is 25.5 Å². The van der Waals surface area contributed by atoms with E-state index in [4.69, 9.17) is 0 Å². The second-order valence-electron chi connectivity index (χ2n) is 4.40. The number of likely N-dealkylation sites (N-methyl/N-ethyl adjacent to an activating group) is 1. The molecule has 0 aliphatic rings. The highest BCUT2D eigenvalue weighted by atomic mass is 79.9. The van der Waals surface area contributed by atoms with Crippen molar-refractivity contribution in [1.82, 2.24) is 4.90 Å². The summed E-state index contributed by atoms with van der Waals surface area (Å²) in [5, 5.41) is 12.0. The number of benzene rings is 1. The first-order valence-electron chi connectivity index (χ1n) is 5.90. The molecule has 0 saturated carbocycles. The average molecular weight is 315 g/mol. The van der Waals surface area contributed by atoms with Crippen molar-refractivity contribution >= 4 is 27.5 Å². The lowest BCUT2D eigenvalue weighted by molar-refractivity contribution is -0.117. The highest BCUT2D eigenvalue weighted by Gasteiger charge is 2.09. The minimum absolute atomic E-state index is 0.0602. The van der Waals surface area contributed by atoms with Crippen LogP contribution in [0.25, 0.3) is 0 Å².